The van der Waals surface area contributed by atoms with E-state index < -0.39 is 6.04 Å². The van der Waals surface area contributed by atoms with Crippen LogP contribution in [0.25, 0.3) is 0 Å². The lowest BCUT2D eigenvalue weighted by Crippen LogP contribution is -2.57. The number of hydrogen-bond acceptors (Lipinski definition) is 2. The average Bonchev–Trinajstić information content (AvgIpc) is 2.56. The Kier molecular flexibility index (Phi) is 4.71. The van der Waals surface area contributed by atoms with Gasteiger partial charge in [0.25, 0.3) is 5.91 Å². The van der Waals surface area contributed by atoms with E-state index >= 15 is 0 Å². The fourth-order valence-corrected chi connectivity index (χ4v) is 3.38. The second-order valence-electron chi connectivity index (χ2n) is 6.01. The summed E-state index contributed by atoms with van der Waals surface area (Å²) in [7, 11) is 0. The van der Waals surface area contributed by atoms with Gasteiger partial charge in [0.05, 0.1) is 0 Å². The van der Waals surface area contributed by atoms with Gasteiger partial charge in [-0.05, 0) is 44.2 Å². The number of nitrogens with zero attached hydrogens (tertiary/aromatic N) is 2. The predicted molar refractivity (Wildman–Crippen MR) is 98.2 cm³/mol. The van der Waals surface area contributed by atoms with Crippen LogP contribution in [0.4, 0.5) is 5.69 Å². The van der Waals surface area contributed by atoms with Crippen LogP contribution in [0.3, 0.4) is 0 Å². The molecule has 24 heavy (non-hydrogen) atoms. The Morgan fingerprint density at radius 2 is 1.88 bits per heavy atom. The molecule has 0 N–H and O–H groups in total. The molecule has 1 atom stereocenters. The summed E-state index contributed by atoms with van der Waals surface area (Å²) >= 11 is 3.43. The maximum Gasteiger partial charge on any atom is 0.254 e. The van der Waals surface area contributed by atoms with E-state index in [0.29, 0.717) is 18.7 Å². The monoisotopic (exact) mass is 386 g/mol. The van der Waals surface area contributed by atoms with Crippen LogP contribution >= 0.6 is 15.9 Å². The first-order chi connectivity index (χ1) is 11.5. The quantitative estimate of drug-likeness (QED) is 0.790. The molecular weight excluding hydrogens is 368 g/mol. The van der Waals surface area contributed by atoms with Crippen LogP contribution in [0.15, 0.2) is 53.0 Å². The van der Waals surface area contributed by atoms with Gasteiger partial charge in [-0.3, -0.25) is 9.59 Å². The van der Waals surface area contributed by atoms with E-state index in [1.54, 1.807) is 22.8 Å². The normalized spacial score (nSPS) is 18.0. The van der Waals surface area contributed by atoms with Gasteiger partial charge in [-0.15, -0.1) is 0 Å². The van der Waals surface area contributed by atoms with Crippen LogP contribution in [-0.2, 0) is 4.79 Å². The van der Waals surface area contributed by atoms with Gasteiger partial charge in [0.1, 0.15) is 6.04 Å². The van der Waals surface area contributed by atoms with E-state index in [-0.39, 0.29) is 11.8 Å². The molecule has 0 saturated carbocycles. The molecule has 3 rings (SSSR count). The van der Waals surface area contributed by atoms with Crippen molar-refractivity contribution in [2.75, 3.05) is 18.0 Å². The average molecular weight is 387 g/mol. The molecule has 2 amide bonds. The third-order valence-corrected chi connectivity index (χ3v) is 4.79. The van der Waals surface area contributed by atoms with Gasteiger partial charge < -0.3 is 9.80 Å². The first-order valence-electron chi connectivity index (χ1n) is 7.92. The zero-order chi connectivity index (χ0) is 17.3. The van der Waals surface area contributed by atoms with Gasteiger partial charge in [-0.1, -0.05) is 39.7 Å². The highest BCUT2D eigenvalue weighted by molar-refractivity contribution is 9.10. The maximum atomic E-state index is 12.8. The van der Waals surface area contributed by atoms with Crippen LogP contribution in [0.2, 0.25) is 0 Å². The molecule has 1 aliphatic rings. The fourth-order valence-electron chi connectivity index (χ4n) is 2.99. The second-order valence-corrected chi connectivity index (χ2v) is 6.93. The van der Waals surface area contributed by atoms with E-state index in [1.165, 1.54) is 0 Å². The van der Waals surface area contributed by atoms with Crippen LogP contribution in [0.1, 0.15) is 22.8 Å². The molecule has 4 nitrogen and oxygen atoms in total. The SMILES string of the molecule is Cc1cccc(C(=O)N2CCN(c3cccc(Br)c3)C(=O)C2C)c1. The van der Waals surface area contributed by atoms with Crippen molar-refractivity contribution < 1.29 is 9.59 Å². The number of aryl methyl sites for hydroxylation is 1. The molecule has 1 aliphatic heterocycles. The number of carbonyl (C=O) groups is 2. The number of benzene rings is 2. The van der Waals surface area contributed by atoms with Crippen molar-refractivity contribution in [2.45, 2.75) is 19.9 Å². The summed E-state index contributed by atoms with van der Waals surface area (Å²) in [5, 5.41) is 0. The van der Waals surface area contributed by atoms with Crippen LogP contribution in [0, 0.1) is 6.92 Å². The molecule has 2 aromatic carbocycles. The number of piperazine rings is 1. The summed E-state index contributed by atoms with van der Waals surface area (Å²) in [5.41, 5.74) is 2.52. The van der Waals surface area contributed by atoms with Gasteiger partial charge in [-0.25, -0.2) is 0 Å². The third kappa shape index (κ3) is 3.22. The molecule has 5 heteroatoms. The van der Waals surface area contributed by atoms with Gasteiger partial charge >= 0.3 is 0 Å². The van der Waals surface area contributed by atoms with E-state index in [4.69, 9.17) is 0 Å². The van der Waals surface area contributed by atoms with Gasteiger partial charge in [0.2, 0.25) is 5.91 Å². The van der Waals surface area contributed by atoms with Gasteiger partial charge in [0, 0.05) is 28.8 Å². The van der Waals surface area contributed by atoms with E-state index in [2.05, 4.69) is 15.9 Å². The Labute approximate surface area is 150 Å². The molecular formula is C19H19BrN2O2. The molecule has 1 unspecified atom stereocenters. The molecule has 1 saturated heterocycles. The highest BCUT2D eigenvalue weighted by Crippen LogP contribution is 2.24. The van der Waals surface area contributed by atoms with E-state index in [0.717, 1.165) is 15.7 Å². The molecule has 124 valence electrons. The number of carbonyl (C=O) groups excluding carboxylic acids is 2. The first-order valence-corrected chi connectivity index (χ1v) is 8.71. The highest BCUT2D eigenvalue weighted by atomic mass is 79.9. The zero-order valence-electron chi connectivity index (χ0n) is 13.7. The highest BCUT2D eigenvalue weighted by Gasteiger charge is 2.35. The Morgan fingerprint density at radius 3 is 2.58 bits per heavy atom. The number of halogens is 1. The molecule has 0 bridgehead atoms. The number of anilines is 1. The summed E-state index contributed by atoms with van der Waals surface area (Å²) in [5.74, 6) is -0.145. The summed E-state index contributed by atoms with van der Waals surface area (Å²) in [6.07, 6.45) is 0. The molecule has 0 radical (unpaired) electrons. The molecule has 2 aromatic rings. The van der Waals surface area contributed by atoms with Gasteiger partial charge in [0.15, 0.2) is 0 Å². The van der Waals surface area contributed by atoms with Crippen molar-refractivity contribution in [3.05, 3.63) is 64.1 Å². The Bertz CT molecular complexity index is 790. The van der Waals surface area contributed by atoms with Crippen molar-refractivity contribution in [3.8, 4) is 0 Å². The molecule has 1 fully saturated rings. The molecule has 0 aromatic heterocycles. The third-order valence-electron chi connectivity index (χ3n) is 4.30. The van der Waals surface area contributed by atoms with Crippen LogP contribution in [-0.4, -0.2) is 35.8 Å². The maximum absolute atomic E-state index is 12.8. The molecule has 0 spiro atoms. The Balaban J connectivity index is 1.81. The Hall–Kier alpha value is -2.14. The van der Waals surface area contributed by atoms with Crippen molar-refractivity contribution in [1.29, 1.82) is 0 Å². The van der Waals surface area contributed by atoms with Crippen molar-refractivity contribution in [1.82, 2.24) is 4.90 Å². The minimum atomic E-state index is -0.481. The minimum Gasteiger partial charge on any atom is -0.325 e. The van der Waals surface area contributed by atoms with E-state index in [1.807, 2.05) is 49.4 Å². The number of amides is 2. The summed E-state index contributed by atoms with van der Waals surface area (Å²) in [6, 6.07) is 14.7. The van der Waals surface area contributed by atoms with Gasteiger partial charge in [-0.2, -0.15) is 0 Å². The summed E-state index contributed by atoms with van der Waals surface area (Å²) in [6.45, 7) is 4.76. The van der Waals surface area contributed by atoms with Crippen molar-refractivity contribution in [2.24, 2.45) is 0 Å². The van der Waals surface area contributed by atoms with Crippen LogP contribution in [0.5, 0.6) is 0 Å². The largest absolute Gasteiger partial charge is 0.325 e. The molecule has 1 heterocycles. The molecule has 0 aliphatic carbocycles. The lowest BCUT2D eigenvalue weighted by molar-refractivity contribution is -0.124. The van der Waals surface area contributed by atoms with Crippen molar-refractivity contribution >= 4 is 33.4 Å². The van der Waals surface area contributed by atoms with Crippen molar-refractivity contribution in [3.63, 3.8) is 0 Å². The summed E-state index contributed by atoms with van der Waals surface area (Å²) < 4.78 is 0.929. The zero-order valence-corrected chi connectivity index (χ0v) is 15.3. The first kappa shape index (κ1) is 16.7. The fraction of sp³-hybridized carbons (Fsp3) is 0.263. The van der Waals surface area contributed by atoms with Crippen LogP contribution < -0.4 is 4.90 Å². The minimum absolute atomic E-state index is 0.0552. The van der Waals surface area contributed by atoms with E-state index in [9.17, 15) is 9.59 Å². The lowest BCUT2D eigenvalue weighted by Gasteiger charge is -2.39. The second kappa shape index (κ2) is 6.77. The lowest BCUT2D eigenvalue weighted by atomic mass is 10.1. The standard InChI is InChI=1S/C19H19BrN2O2/c1-13-5-3-6-15(11-13)19(24)21-9-10-22(18(23)14(21)2)17-8-4-7-16(20)12-17/h3-8,11-12,14H,9-10H2,1-2H3. The number of hydrogen-bond donors (Lipinski definition) is 0. The smallest absolute Gasteiger partial charge is 0.254 e. The topological polar surface area (TPSA) is 40.6 Å². The predicted octanol–water partition coefficient (Wildman–Crippen LogP) is 3.64. The summed E-state index contributed by atoms with van der Waals surface area (Å²) in [4.78, 5) is 28.9. The number of rotatable bonds is 2. The Morgan fingerprint density at radius 1 is 1.12 bits per heavy atom.